The summed E-state index contributed by atoms with van der Waals surface area (Å²) in [5, 5.41) is 4.19. The van der Waals surface area contributed by atoms with Gasteiger partial charge in [-0.2, -0.15) is 5.10 Å². The van der Waals surface area contributed by atoms with E-state index < -0.39 is 0 Å². The van der Waals surface area contributed by atoms with Crippen LogP contribution in [-0.4, -0.2) is 15.6 Å². The number of carbonyl (C=O) groups excluding carboxylic acids is 1. The molecule has 0 amide bonds. The Morgan fingerprint density at radius 3 is 2.59 bits per heavy atom. The third-order valence-electron chi connectivity index (χ3n) is 2.51. The van der Waals surface area contributed by atoms with Crippen LogP contribution in [0.25, 0.3) is 0 Å². The molecule has 0 fully saturated rings. The smallest absolute Gasteiger partial charge is 0.164 e. The third kappa shape index (κ3) is 3.00. The molecule has 0 atom stereocenters. The normalized spacial score (nSPS) is 10.5. The average Bonchev–Trinajstić information content (AvgIpc) is 2.73. The minimum atomic E-state index is -0.329. The third-order valence-corrected chi connectivity index (χ3v) is 2.51. The fraction of sp³-hybridized carbons (Fsp3) is 0.231. The lowest BCUT2D eigenvalue weighted by molar-refractivity contribution is 0.0975. The topological polar surface area (TPSA) is 34.9 Å². The van der Waals surface area contributed by atoms with Crippen molar-refractivity contribution in [2.24, 2.45) is 0 Å². The van der Waals surface area contributed by atoms with Crippen LogP contribution in [0.2, 0.25) is 0 Å². The lowest BCUT2D eigenvalue weighted by Gasteiger charge is -2.01. The summed E-state index contributed by atoms with van der Waals surface area (Å²) < 4.78 is 14.4. The summed E-state index contributed by atoms with van der Waals surface area (Å²) in [6.07, 6.45) is 2.21. The highest BCUT2D eigenvalue weighted by Gasteiger charge is 2.06. The molecule has 0 radical (unpaired) electrons. The molecule has 0 spiro atoms. The minimum Gasteiger partial charge on any atom is -0.294 e. The largest absolute Gasteiger partial charge is 0.294 e. The first kappa shape index (κ1) is 11.5. The van der Waals surface area contributed by atoms with Crippen molar-refractivity contribution in [1.29, 1.82) is 0 Å². The second-order valence-corrected chi connectivity index (χ2v) is 3.90. The zero-order valence-electron chi connectivity index (χ0n) is 9.56. The summed E-state index contributed by atoms with van der Waals surface area (Å²) in [5.41, 5.74) is 1.47. The Labute approximate surface area is 98.9 Å². The molecule has 88 valence electrons. The first-order valence-corrected chi connectivity index (χ1v) is 5.44. The van der Waals surface area contributed by atoms with E-state index in [1.165, 1.54) is 24.3 Å². The minimum absolute atomic E-state index is 0.00171. The van der Waals surface area contributed by atoms with Gasteiger partial charge in [0.15, 0.2) is 5.78 Å². The van der Waals surface area contributed by atoms with Crippen molar-refractivity contribution in [3.8, 4) is 0 Å². The number of aryl methyl sites for hydroxylation is 2. The summed E-state index contributed by atoms with van der Waals surface area (Å²) in [4.78, 5) is 11.8. The summed E-state index contributed by atoms with van der Waals surface area (Å²) in [5.74, 6) is -0.331. The number of hydrogen-bond donors (Lipinski definition) is 0. The highest BCUT2D eigenvalue weighted by molar-refractivity contribution is 5.95. The number of benzene rings is 1. The van der Waals surface area contributed by atoms with Crippen LogP contribution in [0.1, 0.15) is 22.5 Å². The van der Waals surface area contributed by atoms with Gasteiger partial charge in [0.1, 0.15) is 5.82 Å². The molecule has 2 aromatic rings. The Balaban J connectivity index is 1.95. The number of carbonyl (C=O) groups is 1. The van der Waals surface area contributed by atoms with Gasteiger partial charge in [-0.3, -0.25) is 9.48 Å². The van der Waals surface area contributed by atoms with Gasteiger partial charge in [-0.15, -0.1) is 0 Å². The predicted molar refractivity (Wildman–Crippen MR) is 62.3 cm³/mol. The SMILES string of the molecule is Cc1ccn(CCC(=O)c2ccc(F)cc2)n1. The molecule has 1 heterocycles. The molecule has 0 aliphatic carbocycles. The maximum absolute atomic E-state index is 12.7. The number of ketones is 1. The van der Waals surface area contributed by atoms with Crippen molar-refractivity contribution in [1.82, 2.24) is 9.78 Å². The molecule has 1 aromatic carbocycles. The van der Waals surface area contributed by atoms with Gasteiger partial charge in [0.25, 0.3) is 0 Å². The van der Waals surface area contributed by atoms with Gasteiger partial charge in [-0.05, 0) is 37.3 Å². The number of halogens is 1. The molecule has 0 aliphatic heterocycles. The molecule has 0 N–H and O–H groups in total. The lowest BCUT2D eigenvalue weighted by atomic mass is 10.1. The van der Waals surface area contributed by atoms with Crippen LogP contribution in [0, 0.1) is 12.7 Å². The Kier molecular flexibility index (Phi) is 3.32. The van der Waals surface area contributed by atoms with Gasteiger partial charge >= 0.3 is 0 Å². The van der Waals surface area contributed by atoms with E-state index >= 15 is 0 Å². The molecule has 0 bridgehead atoms. The van der Waals surface area contributed by atoms with Crippen LogP contribution in [-0.2, 0) is 6.54 Å². The van der Waals surface area contributed by atoms with E-state index in [9.17, 15) is 9.18 Å². The standard InChI is InChI=1S/C13H13FN2O/c1-10-6-8-16(15-10)9-7-13(17)11-2-4-12(14)5-3-11/h2-6,8H,7,9H2,1H3. The Bertz CT molecular complexity index is 516. The second-order valence-electron chi connectivity index (χ2n) is 3.90. The van der Waals surface area contributed by atoms with E-state index in [-0.39, 0.29) is 11.6 Å². The molecule has 1 aromatic heterocycles. The zero-order chi connectivity index (χ0) is 12.3. The number of Topliss-reactive ketones (excluding diaryl/α,β-unsaturated/α-hetero) is 1. The van der Waals surface area contributed by atoms with Crippen molar-refractivity contribution in [3.63, 3.8) is 0 Å². The highest BCUT2D eigenvalue weighted by atomic mass is 19.1. The van der Waals surface area contributed by atoms with Crippen molar-refractivity contribution in [3.05, 3.63) is 53.6 Å². The molecule has 2 rings (SSSR count). The molecule has 3 nitrogen and oxygen atoms in total. The van der Waals surface area contributed by atoms with Gasteiger partial charge in [0.2, 0.25) is 0 Å². The van der Waals surface area contributed by atoms with E-state index in [0.717, 1.165) is 5.69 Å². The molecule has 0 saturated carbocycles. The average molecular weight is 232 g/mol. The molecular weight excluding hydrogens is 219 g/mol. The second kappa shape index (κ2) is 4.91. The Hall–Kier alpha value is -1.97. The monoisotopic (exact) mass is 232 g/mol. The Morgan fingerprint density at radius 2 is 2.00 bits per heavy atom. The van der Waals surface area contributed by atoms with Gasteiger partial charge in [-0.25, -0.2) is 4.39 Å². The molecule has 0 unspecified atom stereocenters. The van der Waals surface area contributed by atoms with Gasteiger partial charge in [0, 0.05) is 24.7 Å². The van der Waals surface area contributed by atoms with Gasteiger partial charge in [0.05, 0.1) is 5.69 Å². The van der Waals surface area contributed by atoms with Crippen LogP contribution < -0.4 is 0 Å². The molecule has 0 saturated heterocycles. The summed E-state index contributed by atoms with van der Waals surface area (Å²) in [7, 11) is 0. The lowest BCUT2D eigenvalue weighted by Crippen LogP contribution is -2.06. The number of nitrogens with zero attached hydrogens (tertiary/aromatic N) is 2. The molecular formula is C13H13FN2O. The van der Waals surface area contributed by atoms with Gasteiger partial charge < -0.3 is 0 Å². The van der Waals surface area contributed by atoms with Crippen molar-refractivity contribution in [2.75, 3.05) is 0 Å². The van der Waals surface area contributed by atoms with Crippen LogP contribution in [0.3, 0.4) is 0 Å². The molecule has 4 heteroatoms. The molecule has 17 heavy (non-hydrogen) atoms. The van der Waals surface area contributed by atoms with E-state index in [2.05, 4.69) is 5.10 Å². The van der Waals surface area contributed by atoms with Crippen molar-refractivity contribution < 1.29 is 9.18 Å². The number of hydrogen-bond acceptors (Lipinski definition) is 2. The van der Waals surface area contributed by atoms with Crippen LogP contribution in [0.4, 0.5) is 4.39 Å². The maximum atomic E-state index is 12.7. The number of aromatic nitrogens is 2. The van der Waals surface area contributed by atoms with E-state index in [0.29, 0.717) is 18.5 Å². The summed E-state index contributed by atoms with van der Waals surface area (Å²) >= 11 is 0. The van der Waals surface area contributed by atoms with E-state index in [4.69, 9.17) is 0 Å². The Morgan fingerprint density at radius 1 is 1.29 bits per heavy atom. The first-order chi connectivity index (χ1) is 8.15. The summed E-state index contributed by atoms with van der Waals surface area (Å²) in [6.45, 7) is 2.45. The summed E-state index contributed by atoms with van der Waals surface area (Å²) in [6, 6.07) is 7.50. The number of rotatable bonds is 4. The fourth-order valence-corrected chi connectivity index (χ4v) is 1.58. The predicted octanol–water partition coefficient (Wildman–Crippen LogP) is 2.60. The zero-order valence-corrected chi connectivity index (χ0v) is 9.56. The van der Waals surface area contributed by atoms with Crippen LogP contribution >= 0.6 is 0 Å². The van der Waals surface area contributed by atoms with Crippen LogP contribution in [0.15, 0.2) is 36.5 Å². The fourth-order valence-electron chi connectivity index (χ4n) is 1.58. The molecule has 0 aliphatic rings. The van der Waals surface area contributed by atoms with Crippen LogP contribution in [0.5, 0.6) is 0 Å². The van der Waals surface area contributed by atoms with Crippen molar-refractivity contribution in [2.45, 2.75) is 19.9 Å². The van der Waals surface area contributed by atoms with E-state index in [1.54, 1.807) is 4.68 Å². The maximum Gasteiger partial charge on any atom is 0.164 e. The van der Waals surface area contributed by atoms with Crippen molar-refractivity contribution >= 4 is 5.78 Å². The van der Waals surface area contributed by atoms with E-state index in [1.807, 2.05) is 19.2 Å². The highest BCUT2D eigenvalue weighted by Crippen LogP contribution is 2.06. The quantitative estimate of drug-likeness (QED) is 0.759. The first-order valence-electron chi connectivity index (χ1n) is 5.44. The van der Waals surface area contributed by atoms with Gasteiger partial charge in [-0.1, -0.05) is 0 Å².